The fourth-order valence-electron chi connectivity index (χ4n) is 1.41. The SMILES string of the molecule is CCNc1nc(CSC(C)(C)C)nc(COC)c1Br. The monoisotopic (exact) mass is 347 g/mol. The van der Waals surface area contributed by atoms with E-state index in [9.17, 15) is 0 Å². The molecule has 0 spiro atoms. The van der Waals surface area contributed by atoms with Crippen LogP contribution in [0.5, 0.6) is 0 Å². The van der Waals surface area contributed by atoms with E-state index < -0.39 is 0 Å². The van der Waals surface area contributed by atoms with E-state index >= 15 is 0 Å². The molecule has 6 heteroatoms. The molecule has 0 atom stereocenters. The number of anilines is 1. The Morgan fingerprint density at radius 1 is 1.32 bits per heavy atom. The largest absolute Gasteiger partial charge is 0.378 e. The topological polar surface area (TPSA) is 47.0 Å². The van der Waals surface area contributed by atoms with Crippen LogP contribution >= 0.6 is 27.7 Å². The summed E-state index contributed by atoms with van der Waals surface area (Å²) < 4.78 is 6.28. The Labute approximate surface area is 128 Å². The number of methoxy groups -OCH3 is 1. The van der Waals surface area contributed by atoms with Crippen molar-refractivity contribution >= 4 is 33.5 Å². The van der Waals surface area contributed by atoms with Crippen molar-refractivity contribution in [3.05, 3.63) is 16.0 Å². The molecule has 1 rings (SSSR count). The lowest BCUT2D eigenvalue weighted by Gasteiger charge is -2.18. The van der Waals surface area contributed by atoms with Crippen molar-refractivity contribution in [3.8, 4) is 0 Å². The fourth-order valence-corrected chi connectivity index (χ4v) is 2.53. The van der Waals surface area contributed by atoms with Gasteiger partial charge in [0.05, 0.1) is 22.5 Å². The number of aromatic nitrogens is 2. The zero-order valence-corrected chi connectivity index (χ0v) is 14.6. The zero-order valence-electron chi connectivity index (χ0n) is 12.2. The molecule has 1 heterocycles. The Morgan fingerprint density at radius 3 is 2.53 bits per heavy atom. The molecule has 1 N–H and O–H groups in total. The predicted molar refractivity (Wildman–Crippen MR) is 85.7 cm³/mol. The minimum absolute atomic E-state index is 0.205. The van der Waals surface area contributed by atoms with Gasteiger partial charge in [0, 0.05) is 18.4 Å². The van der Waals surface area contributed by atoms with Gasteiger partial charge < -0.3 is 10.1 Å². The van der Waals surface area contributed by atoms with Crippen molar-refractivity contribution < 1.29 is 4.74 Å². The summed E-state index contributed by atoms with van der Waals surface area (Å²) >= 11 is 5.37. The molecule has 4 nitrogen and oxygen atoms in total. The second-order valence-corrected chi connectivity index (χ2v) is 7.71. The number of hydrogen-bond acceptors (Lipinski definition) is 5. The molecule has 0 amide bonds. The molecule has 108 valence electrons. The molecule has 0 aliphatic rings. The van der Waals surface area contributed by atoms with Gasteiger partial charge in [0.25, 0.3) is 0 Å². The van der Waals surface area contributed by atoms with Crippen LogP contribution in [0.15, 0.2) is 4.47 Å². The van der Waals surface area contributed by atoms with E-state index in [-0.39, 0.29) is 4.75 Å². The minimum Gasteiger partial charge on any atom is -0.378 e. The highest BCUT2D eigenvalue weighted by Gasteiger charge is 2.15. The Bertz CT molecular complexity index is 394. The highest BCUT2D eigenvalue weighted by Crippen LogP contribution is 2.29. The molecule has 0 aliphatic heterocycles. The number of hydrogen-bond donors (Lipinski definition) is 1. The van der Waals surface area contributed by atoms with Crippen LogP contribution in [0, 0.1) is 0 Å². The van der Waals surface area contributed by atoms with Gasteiger partial charge in [-0.3, -0.25) is 0 Å². The molecular formula is C13H22BrN3OS. The van der Waals surface area contributed by atoms with Gasteiger partial charge in [0.15, 0.2) is 0 Å². The fraction of sp³-hybridized carbons (Fsp3) is 0.692. The summed E-state index contributed by atoms with van der Waals surface area (Å²) in [7, 11) is 1.67. The second-order valence-electron chi connectivity index (χ2n) is 5.11. The maximum absolute atomic E-state index is 5.19. The van der Waals surface area contributed by atoms with Crippen LogP contribution in [0.3, 0.4) is 0 Å². The number of nitrogens with zero attached hydrogens (tertiary/aromatic N) is 2. The van der Waals surface area contributed by atoms with Gasteiger partial charge in [0.1, 0.15) is 11.6 Å². The average molecular weight is 348 g/mol. The lowest BCUT2D eigenvalue weighted by molar-refractivity contribution is 0.180. The molecule has 0 unspecified atom stereocenters. The Kier molecular flexibility index (Phi) is 6.56. The zero-order chi connectivity index (χ0) is 14.5. The molecule has 19 heavy (non-hydrogen) atoms. The van der Waals surface area contributed by atoms with Crippen molar-refractivity contribution in [2.45, 2.75) is 44.8 Å². The molecule has 0 fully saturated rings. The quantitative estimate of drug-likeness (QED) is 0.846. The standard InChI is InChI=1S/C13H22BrN3OS/c1-6-15-12-11(14)9(7-18-5)16-10(17-12)8-19-13(2,3)4/h6-8H2,1-5H3,(H,15,16,17). The summed E-state index contributed by atoms with van der Waals surface area (Å²) in [5.41, 5.74) is 0.887. The minimum atomic E-state index is 0.205. The smallest absolute Gasteiger partial charge is 0.144 e. The third kappa shape index (κ3) is 5.67. The number of thioether (sulfide) groups is 1. The van der Waals surface area contributed by atoms with Crippen molar-refractivity contribution in [1.82, 2.24) is 9.97 Å². The molecule has 0 saturated carbocycles. The lowest BCUT2D eigenvalue weighted by atomic mass is 10.3. The summed E-state index contributed by atoms with van der Waals surface area (Å²) in [6, 6.07) is 0. The maximum atomic E-state index is 5.19. The van der Waals surface area contributed by atoms with E-state index in [2.05, 4.69) is 52.0 Å². The summed E-state index contributed by atoms with van der Waals surface area (Å²) in [4.78, 5) is 9.13. The van der Waals surface area contributed by atoms with Crippen molar-refractivity contribution in [3.63, 3.8) is 0 Å². The number of rotatable bonds is 6. The maximum Gasteiger partial charge on any atom is 0.144 e. The van der Waals surface area contributed by atoms with Gasteiger partial charge in [-0.05, 0) is 22.9 Å². The predicted octanol–water partition coefficient (Wildman–Crippen LogP) is 3.85. The first-order valence-electron chi connectivity index (χ1n) is 6.29. The first-order valence-corrected chi connectivity index (χ1v) is 8.07. The van der Waals surface area contributed by atoms with Crippen LogP contribution < -0.4 is 5.32 Å². The van der Waals surface area contributed by atoms with Gasteiger partial charge in [-0.15, -0.1) is 11.8 Å². The molecule has 0 radical (unpaired) electrons. The molecule has 0 aliphatic carbocycles. The van der Waals surface area contributed by atoms with E-state index in [1.165, 1.54) is 0 Å². The third-order valence-electron chi connectivity index (χ3n) is 2.23. The number of halogens is 1. The number of nitrogens with one attached hydrogen (secondary N) is 1. The van der Waals surface area contributed by atoms with E-state index in [0.29, 0.717) is 6.61 Å². The highest BCUT2D eigenvalue weighted by atomic mass is 79.9. The average Bonchev–Trinajstić information content (AvgIpc) is 2.31. The van der Waals surface area contributed by atoms with Crippen LogP contribution in [-0.4, -0.2) is 28.4 Å². The van der Waals surface area contributed by atoms with Crippen LogP contribution in [0.2, 0.25) is 0 Å². The van der Waals surface area contributed by atoms with Crippen molar-refractivity contribution in [1.29, 1.82) is 0 Å². The van der Waals surface area contributed by atoms with Gasteiger partial charge in [0.2, 0.25) is 0 Å². The summed E-state index contributed by atoms with van der Waals surface area (Å²) in [5.74, 6) is 2.48. The van der Waals surface area contributed by atoms with Gasteiger partial charge in [-0.1, -0.05) is 20.8 Å². The van der Waals surface area contributed by atoms with Gasteiger partial charge in [-0.25, -0.2) is 9.97 Å². The number of ether oxygens (including phenoxy) is 1. The Hall–Kier alpha value is -0.330. The van der Waals surface area contributed by atoms with Crippen LogP contribution in [-0.2, 0) is 17.1 Å². The third-order valence-corrected chi connectivity index (χ3v) is 4.33. The lowest BCUT2D eigenvalue weighted by Crippen LogP contribution is -2.11. The molecule has 1 aromatic rings. The van der Waals surface area contributed by atoms with E-state index in [0.717, 1.165) is 34.1 Å². The van der Waals surface area contributed by atoms with Crippen LogP contribution in [0.25, 0.3) is 0 Å². The normalized spacial score (nSPS) is 11.7. The van der Waals surface area contributed by atoms with E-state index in [1.54, 1.807) is 7.11 Å². The van der Waals surface area contributed by atoms with Crippen LogP contribution in [0.1, 0.15) is 39.2 Å². The molecule has 0 saturated heterocycles. The van der Waals surface area contributed by atoms with Gasteiger partial charge >= 0.3 is 0 Å². The molecule has 0 bridgehead atoms. The van der Waals surface area contributed by atoms with Crippen molar-refractivity contribution in [2.24, 2.45) is 0 Å². The second kappa shape index (κ2) is 7.45. The first kappa shape index (κ1) is 16.7. The molecular weight excluding hydrogens is 326 g/mol. The summed E-state index contributed by atoms with van der Waals surface area (Å²) in [5, 5.41) is 3.25. The van der Waals surface area contributed by atoms with Crippen LogP contribution in [0.4, 0.5) is 5.82 Å². The van der Waals surface area contributed by atoms with E-state index in [4.69, 9.17) is 4.74 Å². The Morgan fingerprint density at radius 2 is 2.00 bits per heavy atom. The highest BCUT2D eigenvalue weighted by molar-refractivity contribution is 9.10. The first-order chi connectivity index (χ1) is 8.87. The van der Waals surface area contributed by atoms with E-state index in [1.807, 2.05) is 18.7 Å². The Balaban J connectivity index is 2.97. The molecule has 1 aromatic heterocycles. The summed E-state index contributed by atoms with van der Waals surface area (Å²) in [6.45, 7) is 9.93. The van der Waals surface area contributed by atoms with Gasteiger partial charge in [-0.2, -0.15) is 0 Å². The molecule has 0 aromatic carbocycles. The summed E-state index contributed by atoms with van der Waals surface area (Å²) in [6.07, 6.45) is 0. The van der Waals surface area contributed by atoms with Crippen molar-refractivity contribution in [2.75, 3.05) is 19.0 Å².